The van der Waals surface area contributed by atoms with E-state index in [1.54, 1.807) is 0 Å². The summed E-state index contributed by atoms with van der Waals surface area (Å²) in [4.78, 5) is 25.6. The summed E-state index contributed by atoms with van der Waals surface area (Å²) in [6, 6.07) is 0. The second kappa shape index (κ2) is 6.97. The van der Waals surface area contributed by atoms with Crippen LogP contribution in [0.4, 0.5) is 0 Å². The van der Waals surface area contributed by atoms with Gasteiger partial charge in [0, 0.05) is 31.3 Å². The summed E-state index contributed by atoms with van der Waals surface area (Å²) in [5, 5.41) is 9.23. The topological polar surface area (TPSA) is 54.4 Å². The van der Waals surface area contributed by atoms with Crippen LogP contribution in [0.15, 0.2) is 0 Å². The van der Waals surface area contributed by atoms with Crippen molar-refractivity contribution < 1.29 is 14.7 Å². The van der Waals surface area contributed by atoms with Gasteiger partial charge in [0.2, 0.25) is 0 Å². The molecule has 3 heteroatoms. The molecule has 0 amide bonds. The zero-order valence-corrected chi connectivity index (χ0v) is 17.5. The van der Waals surface area contributed by atoms with Crippen molar-refractivity contribution in [3.05, 3.63) is 0 Å². The van der Waals surface area contributed by atoms with Gasteiger partial charge in [0.05, 0.1) is 0 Å². The lowest BCUT2D eigenvalue weighted by atomic mass is 9.44. The summed E-state index contributed by atoms with van der Waals surface area (Å²) >= 11 is 0. The summed E-state index contributed by atoms with van der Waals surface area (Å²) in [7, 11) is 0. The van der Waals surface area contributed by atoms with Gasteiger partial charge in [0.25, 0.3) is 0 Å². The Labute approximate surface area is 164 Å². The Hall–Kier alpha value is -0.700. The van der Waals surface area contributed by atoms with E-state index in [4.69, 9.17) is 0 Å². The fraction of sp³-hybridized carbons (Fsp3) is 0.917. The minimum absolute atomic E-state index is 0.149. The van der Waals surface area contributed by atoms with Crippen LogP contribution >= 0.6 is 0 Å². The van der Waals surface area contributed by atoms with Crippen LogP contribution in [0.2, 0.25) is 0 Å². The second-order valence-corrected chi connectivity index (χ2v) is 10.8. The van der Waals surface area contributed by atoms with Crippen molar-refractivity contribution in [3.63, 3.8) is 0 Å². The van der Waals surface area contributed by atoms with Crippen molar-refractivity contribution in [2.75, 3.05) is 6.61 Å². The van der Waals surface area contributed by atoms with Crippen molar-refractivity contribution in [3.8, 4) is 0 Å². The fourth-order valence-corrected chi connectivity index (χ4v) is 8.31. The van der Waals surface area contributed by atoms with Crippen molar-refractivity contribution in [1.82, 2.24) is 0 Å². The molecule has 0 aliphatic heterocycles. The SMILES string of the molecule is C[C@H](CCCO)[C@H]1CC[C@H]2[C@@H]3CC[C@@H]4CC(=O)CC[C@]4(C)[C@H]3CC(=O)[C@]12C. The van der Waals surface area contributed by atoms with Gasteiger partial charge in [-0.15, -0.1) is 0 Å². The number of carbonyl (C=O) groups is 2. The molecule has 0 aromatic heterocycles. The van der Waals surface area contributed by atoms with Crippen LogP contribution in [0.1, 0.15) is 85.0 Å². The molecule has 0 heterocycles. The maximum Gasteiger partial charge on any atom is 0.139 e. The quantitative estimate of drug-likeness (QED) is 0.769. The van der Waals surface area contributed by atoms with Gasteiger partial charge >= 0.3 is 0 Å². The van der Waals surface area contributed by atoms with E-state index in [0.29, 0.717) is 47.1 Å². The monoisotopic (exact) mass is 374 g/mol. The maximum atomic E-state index is 13.6. The number of hydrogen-bond acceptors (Lipinski definition) is 3. The molecule has 3 nitrogen and oxygen atoms in total. The van der Waals surface area contributed by atoms with E-state index in [2.05, 4.69) is 20.8 Å². The zero-order valence-electron chi connectivity index (χ0n) is 17.5. The number of rotatable bonds is 4. The number of Topliss-reactive ketones (excluding diaryl/α,β-unsaturated/α-hetero) is 2. The molecule has 27 heavy (non-hydrogen) atoms. The van der Waals surface area contributed by atoms with Gasteiger partial charge in [-0.1, -0.05) is 20.8 Å². The van der Waals surface area contributed by atoms with Gasteiger partial charge in [-0.05, 0) is 85.9 Å². The summed E-state index contributed by atoms with van der Waals surface area (Å²) in [6.45, 7) is 7.27. The molecule has 4 aliphatic rings. The van der Waals surface area contributed by atoms with Crippen molar-refractivity contribution in [1.29, 1.82) is 0 Å². The molecule has 1 N–H and O–H groups in total. The minimum atomic E-state index is -0.149. The van der Waals surface area contributed by atoms with Crippen LogP contribution in [0, 0.1) is 46.3 Å². The molecule has 0 radical (unpaired) electrons. The molecule has 4 rings (SSSR count). The number of ketones is 2. The third kappa shape index (κ3) is 2.86. The normalized spacial score (nSPS) is 47.9. The number of carbonyl (C=O) groups excluding carboxylic acids is 2. The van der Waals surface area contributed by atoms with E-state index in [1.807, 2.05) is 0 Å². The van der Waals surface area contributed by atoms with E-state index in [9.17, 15) is 14.7 Å². The summed E-state index contributed by atoms with van der Waals surface area (Å²) in [6.07, 6.45) is 9.94. The molecule has 0 unspecified atom stereocenters. The van der Waals surface area contributed by atoms with Gasteiger partial charge in [0.15, 0.2) is 0 Å². The van der Waals surface area contributed by atoms with Crippen molar-refractivity contribution in [2.24, 2.45) is 46.3 Å². The third-order valence-corrected chi connectivity index (χ3v) is 9.92. The maximum absolute atomic E-state index is 13.6. The van der Waals surface area contributed by atoms with E-state index < -0.39 is 0 Å². The number of aliphatic hydroxyl groups excluding tert-OH is 1. The predicted molar refractivity (Wildman–Crippen MR) is 106 cm³/mol. The first kappa shape index (κ1) is 19.6. The first-order valence-corrected chi connectivity index (χ1v) is 11.5. The molecule has 0 aromatic rings. The zero-order chi connectivity index (χ0) is 19.4. The second-order valence-electron chi connectivity index (χ2n) is 10.8. The molecule has 4 fully saturated rings. The summed E-state index contributed by atoms with van der Waals surface area (Å²) in [5.74, 6) is 4.21. The highest BCUT2D eigenvalue weighted by molar-refractivity contribution is 5.87. The van der Waals surface area contributed by atoms with Gasteiger partial charge in [0.1, 0.15) is 11.6 Å². The average Bonchev–Trinajstić information content (AvgIpc) is 3.00. The lowest BCUT2D eigenvalue weighted by Gasteiger charge is -2.59. The molecule has 152 valence electrons. The van der Waals surface area contributed by atoms with E-state index in [-0.39, 0.29) is 17.4 Å². The minimum Gasteiger partial charge on any atom is -0.396 e. The number of fused-ring (bicyclic) bond motifs is 5. The third-order valence-electron chi connectivity index (χ3n) is 9.92. The highest BCUT2D eigenvalue weighted by Crippen LogP contribution is 2.67. The van der Waals surface area contributed by atoms with Gasteiger partial charge in [-0.3, -0.25) is 9.59 Å². The highest BCUT2D eigenvalue weighted by Gasteiger charge is 2.63. The van der Waals surface area contributed by atoms with Crippen LogP contribution < -0.4 is 0 Å². The average molecular weight is 375 g/mol. The first-order valence-electron chi connectivity index (χ1n) is 11.5. The van der Waals surface area contributed by atoms with E-state index >= 15 is 0 Å². The molecule has 0 bridgehead atoms. The first-order chi connectivity index (χ1) is 12.8. The van der Waals surface area contributed by atoms with Gasteiger partial charge in [-0.25, -0.2) is 0 Å². The Morgan fingerprint density at radius 3 is 2.59 bits per heavy atom. The lowest BCUT2D eigenvalue weighted by Crippen LogP contribution is -2.57. The van der Waals surface area contributed by atoms with Gasteiger partial charge < -0.3 is 5.11 Å². The van der Waals surface area contributed by atoms with Crippen LogP contribution in [0.25, 0.3) is 0 Å². The van der Waals surface area contributed by atoms with Crippen molar-refractivity contribution in [2.45, 2.75) is 85.0 Å². The van der Waals surface area contributed by atoms with Crippen LogP contribution in [0.5, 0.6) is 0 Å². The Morgan fingerprint density at radius 1 is 1.07 bits per heavy atom. The van der Waals surface area contributed by atoms with E-state index in [1.165, 1.54) is 25.7 Å². The Morgan fingerprint density at radius 2 is 1.85 bits per heavy atom. The Kier molecular flexibility index (Phi) is 5.06. The largest absolute Gasteiger partial charge is 0.396 e. The molecular formula is C24H38O3. The standard InChI is InChI=1S/C24H38O3/c1-15(5-4-12-25)19-8-9-20-18-7-6-16-13-17(26)10-11-23(16,2)21(18)14-22(27)24(19,20)3/h15-16,18-21,25H,4-14H2,1-3H3/t15-,16-,18+,19-,20+,21+,23+,24-/m1/s1. The Balaban J connectivity index is 1.60. The molecule has 4 saturated carbocycles. The summed E-state index contributed by atoms with van der Waals surface area (Å²) < 4.78 is 0. The van der Waals surface area contributed by atoms with Crippen molar-refractivity contribution >= 4 is 11.6 Å². The molecule has 0 aromatic carbocycles. The Bertz CT molecular complexity index is 613. The van der Waals surface area contributed by atoms with Crippen LogP contribution in [-0.2, 0) is 9.59 Å². The lowest BCUT2D eigenvalue weighted by molar-refractivity contribution is -0.159. The van der Waals surface area contributed by atoms with Gasteiger partial charge in [-0.2, -0.15) is 0 Å². The van der Waals surface area contributed by atoms with Crippen LogP contribution in [-0.4, -0.2) is 23.3 Å². The number of aliphatic hydroxyl groups is 1. The highest BCUT2D eigenvalue weighted by atomic mass is 16.3. The number of hydrogen-bond donors (Lipinski definition) is 1. The molecule has 4 aliphatic carbocycles. The molecule has 0 spiro atoms. The smallest absolute Gasteiger partial charge is 0.139 e. The molecular weight excluding hydrogens is 336 g/mol. The molecule has 0 saturated heterocycles. The fourth-order valence-electron chi connectivity index (χ4n) is 8.31. The van der Waals surface area contributed by atoms with E-state index in [0.717, 1.165) is 38.5 Å². The molecule has 8 atom stereocenters. The summed E-state index contributed by atoms with van der Waals surface area (Å²) in [5.41, 5.74) is 0.0537. The van der Waals surface area contributed by atoms with Crippen LogP contribution in [0.3, 0.4) is 0 Å². The predicted octanol–water partition coefficient (Wildman–Crippen LogP) is 4.80.